The molecule has 0 spiro atoms. The van der Waals surface area contributed by atoms with E-state index in [1.165, 1.54) is 0 Å². The summed E-state index contributed by atoms with van der Waals surface area (Å²) in [5.41, 5.74) is 0.167. The molecule has 0 fully saturated rings. The van der Waals surface area contributed by atoms with Gasteiger partial charge < -0.3 is 10.6 Å². The van der Waals surface area contributed by atoms with Crippen molar-refractivity contribution < 1.29 is 18.0 Å². The van der Waals surface area contributed by atoms with Gasteiger partial charge in [0.25, 0.3) is 0 Å². The number of nitriles is 1. The molecule has 0 aliphatic rings. The van der Waals surface area contributed by atoms with Crippen LogP contribution in [0.25, 0.3) is 0 Å². The fourth-order valence-electron chi connectivity index (χ4n) is 2.03. The van der Waals surface area contributed by atoms with E-state index in [1.54, 1.807) is 24.3 Å². The molecule has 0 saturated carbocycles. The number of nitrogens with zero attached hydrogens (tertiary/aromatic N) is 1. The first-order valence-corrected chi connectivity index (χ1v) is 7.58. The molecule has 0 aliphatic carbocycles. The van der Waals surface area contributed by atoms with Crippen molar-refractivity contribution in [1.82, 2.24) is 0 Å². The number of amides is 1. The topological polar surface area (TPSA) is 64.9 Å². The van der Waals surface area contributed by atoms with E-state index in [0.717, 1.165) is 18.2 Å². The monoisotopic (exact) mass is 367 g/mol. The molecule has 0 unspecified atom stereocenters. The first-order valence-electron chi connectivity index (χ1n) is 7.20. The molecule has 1 amide bonds. The van der Waals surface area contributed by atoms with Crippen molar-refractivity contribution in [2.75, 3.05) is 17.2 Å². The molecule has 8 heteroatoms. The number of carbonyl (C=O) groups excluding carboxylic acids is 1. The van der Waals surface area contributed by atoms with Crippen LogP contribution in [0.2, 0.25) is 5.02 Å². The molecule has 0 aromatic heterocycles. The number of benzene rings is 2. The number of anilines is 2. The Morgan fingerprint density at radius 1 is 1.20 bits per heavy atom. The number of hydrogen-bond donors (Lipinski definition) is 2. The van der Waals surface area contributed by atoms with Crippen LogP contribution in [0.3, 0.4) is 0 Å². The Hall–Kier alpha value is -2.72. The average molecular weight is 368 g/mol. The molecule has 4 nitrogen and oxygen atoms in total. The quantitative estimate of drug-likeness (QED) is 0.807. The summed E-state index contributed by atoms with van der Waals surface area (Å²) < 4.78 is 38.1. The fraction of sp³-hybridized carbons (Fsp3) is 0.176. The van der Waals surface area contributed by atoms with Crippen molar-refractivity contribution in [2.24, 2.45) is 0 Å². The van der Waals surface area contributed by atoms with Crippen LogP contribution in [0.4, 0.5) is 24.5 Å². The van der Waals surface area contributed by atoms with Crippen molar-refractivity contribution in [3.05, 3.63) is 58.6 Å². The van der Waals surface area contributed by atoms with Crippen LogP contribution < -0.4 is 10.6 Å². The summed E-state index contributed by atoms with van der Waals surface area (Å²) in [6.07, 6.45) is -4.50. The standard InChI is InChI=1S/C17H13ClF3N3O/c18-14-5-4-12(17(19,20)21)9-15(14)24-16(25)6-7-23-13-3-1-2-11(8-13)10-22/h1-5,8-9,23H,6-7H2,(H,24,25). The van der Waals surface area contributed by atoms with Gasteiger partial charge in [-0.25, -0.2) is 0 Å². The highest BCUT2D eigenvalue weighted by molar-refractivity contribution is 6.33. The molecule has 2 aromatic rings. The second kappa shape index (κ2) is 7.90. The van der Waals surface area contributed by atoms with Crippen molar-refractivity contribution in [3.63, 3.8) is 0 Å². The average Bonchev–Trinajstić information content (AvgIpc) is 2.56. The highest BCUT2D eigenvalue weighted by Gasteiger charge is 2.31. The highest BCUT2D eigenvalue weighted by Crippen LogP contribution is 2.33. The molecule has 25 heavy (non-hydrogen) atoms. The van der Waals surface area contributed by atoms with Gasteiger partial charge in [0.2, 0.25) is 5.91 Å². The van der Waals surface area contributed by atoms with Gasteiger partial charge in [-0.2, -0.15) is 18.4 Å². The summed E-state index contributed by atoms with van der Waals surface area (Å²) >= 11 is 5.83. The molecule has 2 aromatic carbocycles. The van der Waals surface area contributed by atoms with E-state index in [9.17, 15) is 18.0 Å². The molecule has 0 saturated heterocycles. The summed E-state index contributed by atoms with van der Waals surface area (Å²) in [6.45, 7) is 0.247. The molecule has 0 radical (unpaired) electrons. The lowest BCUT2D eigenvalue weighted by Gasteiger charge is -2.12. The van der Waals surface area contributed by atoms with Gasteiger partial charge in [-0.15, -0.1) is 0 Å². The summed E-state index contributed by atoms with van der Waals surface area (Å²) in [4.78, 5) is 11.9. The third-order valence-corrected chi connectivity index (χ3v) is 3.57. The Morgan fingerprint density at radius 3 is 2.64 bits per heavy atom. The number of nitrogens with one attached hydrogen (secondary N) is 2. The van der Waals surface area contributed by atoms with E-state index in [2.05, 4.69) is 10.6 Å². The number of alkyl halides is 3. The van der Waals surface area contributed by atoms with Crippen LogP contribution in [0.15, 0.2) is 42.5 Å². The molecule has 0 aliphatic heterocycles. The first kappa shape index (κ1) is 18.6. The molecule has 0 bridgehead atoms. The third kappa shape index (κ3) is 5.40. The SMILES string of the molecule is N#Cc1cccc(NCCC(=O)Nc2cc(C(F)(F)F)ccc2Cl)c1. The Morgan fingerprint density at radius 2 is 1.96 bits per heavy atom. The minimum atomic E-state index is -4.52. The van der Waals surface area contributed by atoms with Crippen LogP contribution in [0.5, 0.6) is 0 Å². The molecule has 0 atom stereocenters. The molecule has 2 N–H and O–H groups in total. The minimum Gasteiger partial charge on any atom is -0.384 e. The van der Waals surface area contributed by atoms with E-state index in [0.29, 0.717) is 11.3 Å². The Kier molecular flexibility index (Phi) is 5.88. The largest absolute Gasteiger partial charge is 0.416 e. The zero-order valence-corrected chi connectivity index (χ0v) is 13.6. The fourth-order valence-corrected chi connectivity index (χ4v) is 2.19. The minimum absolute atomic E-state index is 0.0172. The number of rotatable bonds is 5. The molecular weight excluding hydrogens is 355 g/mol. The Labute approximate surface area is 147 Å². The second-order valence-electron chi connectivity index (χ2n) is 5.11. The van der Waals surface area contributed by atoms with Gasteiger partial charge in [-0.1, -0.05) is 17.7 Å². The van der Waals surface area contributed by atoms with Crippen LogP contribution in [0.1, 0.15) is 17.5 Å². The lowest BCUT2D eigenvalue weighted by molar-refractivity contribution is -0.137. The third-order valence-electron chi connectivity index (χ3n) is 3.24. The normalized spacial score (nSPS) is 10.8. The van der Waals surface area contributed by atoms with Crippen LogP contribution in [-0.2, 0) is 11.0 Å². The maximum Gasteiger partial charge on any atom is 0.416 e. The zero-order valence-electron chi connectivity index (χ0n) is 12.8. The summed E-state index contributed by atoms with van der Waals surface area (Å²) in [7, 11) is 0. The number of carbonyl (C=O) groups is 1. The maximum absolute atomic E-state index is 12.7. The predicted molar refractivity (Wildman–Crippen MR) is 89.3 cm³/mol. The summed E-state index contributed by atoms with van der Waals surface area (Å²) in [6, 6.07) is 11.4. The van der Waals surface area contributed by atoms with Crippen LogP contribution >= 0.6 is 11.6 Å². The molecular formula is C17H13ClF3N3O. The smallest absolute Gasteiger partial charge is 0.384 e. The van der Waals surface area contributed by atoms with Crippen LogP contribution in [-0.4, -0.2) is 12.5 Å². The van der Waals surface area contributed by atoms with Gasteiger partial charge in [0.1, 0.15) is 0 Å². The van der Waals surface area contributed by atoms with E-state index in [4.69, 9.17) is 16.9 Å². The molecule has 2 rings (SSSR count). The predicted octanol–water partition coefficient (Wildman–Crippen LogP) is 4.67. The van der Waals surface area contributed by atoms with Gasteiger partial charge in [0.05, 0.1) is 27.9 Å². The Balaban J connectivity index is 1.93. The Bertz CT molecular complexity index is 816. The van der Waals surface area contributed by atoms with Gasteiger partial charge >= 0.3 is 6.18 Å². The van der Waals surface area contributed by atoms with E-state index >= 15 is 0 Å². The van der Waals surface area contributed by atoms with E-state index in [-0.39, 0.29) is 23.7 Å². The van der Waals surface area contributed by atoms with E-state index < -0.39 is 17.6 Å². The molecule has 0 heterocycles. The van der Waals surface area contributed by atoms with Crippen molar-refractivity contribution in [1.29, 1.82) is 5.26 Å². The lowest BCUT2D eigenvalue weighted by atomic mass is 10.2. The molecule has 130 valence electrons. The van der Waals surface area contributed by atoms with E-state index in [1.807, 2.05) is 6.07 Å². The summed E-state index contributed by atoms with van der Waals surface area (Å²) in [5, 5.41) is 14.2. The number of hydrogen-bond acceptors (Lipinski definition) is 3. The zero-order chi connectivity index (χ0) is 18.4. The van der Waals surface area contributed by atoms with Crippen molar-refractivity contribution in [2.45, 2.75) is 12.6 Å². The van der Waals surface area contributed by atoms with Gasteiger partial charge in [0.15, 0.2) is 0 Å². The first-order chi connectivity index (χ1) is 11.8. The van der Waals surface area contributed by atoms with Gasteiger partial charge in [-0.3, -0.25) is 4.79 Å². The van der Waals surface area contributed by atoms with Crippen molar-refractivity contribution in [3.8, 4) is 6.07 Å². The lowest BCUT2D eigenvalue weighted by Crippen LogP contribution is -2.17. The summed E-state index contributed by atoms with van der Waals surface area (Å²) in [5.74, 6) is -0.481. The highest BCUT2D eigenvalue weighted by atomic mass is 35.5. The van der Waals surface area contributed by atoms with Crippen LogP contribution in [0, 0.1) is 11.3 Å². The van der Waals surface area contributed by atoms with Crippen molar-refractivity contribution >= 4 is 28.9 Å². The number of halogens is 4. The van der Waals surface area contributed by atoms with Gasteiger partial charge in [-0.05, 0) is 36.4 Å². The maximum atomic E-state index is 12.7. The second-order valence-corrected chi connectivity index (χ2v) is 5.52. The van der Waals surface area contributed by atoms with Gasteiger partial charge in [0, 0.05) is 18.7 Å².